The molecule has 4 rings (SSSR count). The minimum atomic E-state index is -0.209. The Morgan fingerprint density at radius 1 is 1.24 bits per heavy atom. The van der Waals surface area contributed by atoms with E-state index in [1.54, 1.807) is 0 Å². The van der Waals surface area contributed by atoms with Crippen LogP contribution in [0.1, 0.15) is 43.6 Å². The molecule has 0 radical (unpaired) electrons. The minimum absolute atomic E-state index is 0.140. The van der Waals surface area contributed by atoms with Crippen molar-refractivity contribution in [2.45, 2.75) is 52.1 Å². The molecule has 1 fully saturated rings. The van der Waals surface area contributed by atoms with Crippen LogP contribution in [-0.4, -0.2) is 33.8 Å². The molecule has 0 bridgehead atoms. The van der Waals surface area contributed by atoms with Gasteiger partial charge in [0.15, 0.2) is 0 Å². The third-order valence-corrected chi connectivity index (χ3v) is 5.85. The molecule has 1 atom stereocenters. The number of piperidine rings is 1. The highest BCUT2D eigenvalue weighted by atomic mass is 19.1. The predicted molar refractivity (Wildman–Crippen MR) is 97.2 cm³/mol. The van der Waals surface area contributed by atoms with Gasteiger partial charge in [0, 0.05) is 31.4 Å². The molecule has 1 aliphatic heterocycles. The summed E-state index contributed by atoms with van der Waals surface area (Å²) < 4.78 is 15.3. The maximum atomic E-state index is 13.2. The van der Waals surface area contributed by atoms with Crippen LogP contribution in [0.15, 0.2) is 24.3 Å². The third-order valence-electron chi connectivity index (χ3n) is 5.85. The monoisotopic (exact) mass is 342 g/mol. The highest BCUT2D eigenvalue weighted by Crippen LogP contribution is 2.32. The molecule has 1 aromatic carbocycles. The molecule has 134 valence electrons. The molecule has 4 nitrogen and oxygen atoms in total. The van der Waals surface area contributed by atoms with Crippen LogP contribution >= 0.6 is 0 Å². The van der Waals surface area contributed by atoms with Gasteiger partial charge < -0.3 is 5.73 Å². The van der Waals surface area contributed by atoms with Gasteiger partial charge in [-0.1, -0.05) is 13.8 Å². The first-order valence-corrected chi connectivity index (χ1v) is 9.27. The van der Waals surface area contributed by atoms with Gasteiger partial charge in [0.25, 0.3) is 0 Å². The topological polar surface area (TPSA) is 47.1 Å². The van der Waals surface area contributed by atoms with Crippen LogP contribution in [0.25, 0.3) is 5.69 Å². The largest absolute Gasteiger partial charge is 0.327 e. The third kappa shape index (κ3) is 3.11. The number of fused-ring (bicyclic) bond motifs is 1. The summed E-state index contributed by atoms with van der Waals surface area (Å²) in [7, 11) is 0. The lowest BCUT2D eigenvalue weighted by Gasteiger charge is -2.42. The Labute approximate surface area is 148 Å². The van der Waals surface area contributed by atoms with Crippen molar-refractivity contribution in [3.05, 3.63) is 47.0 Å². The van der Waals surface area contributed by atoms with Gasteiger partial charge in [-0.2, -0.15) is 5.10 Å². The molecule has 1 aromatic heterocycles. The van der Waals surface area contributed by atoms with Crippen molar-refractivity contribution >= 4 is 0 Å². The Balaban J connectivity index is 1.61. The summed E-state index contributed by atoms with van der Waals surface area (Å²) in [6, 6.07) is 6.91. The van der Waals surface area contributed by atoms with E-state index >= 15 is 0 Å². The molecule has 2 aliphatic rings. The van der Waals surface area contributed by atoms with Gasteiger partial charge in [-0.15, -0.1) is 0 Å². The number of rotatable bonds is 3. The normalized spacial score (nSPS) is 23.0. The molecule has 2 heterocycles. The van der Waals surface area contributed by atoms with E-state index in [2.05, 4.69) is 18.7 Å². The number of aromatic nitrogens is 2. The lowest BCUT2D eigenvalue weighted by molar-refractivity contribution is 0.0886. The minimum Gasteiger partial charge on any atom is -0.327 e. The maximum Gasteiger partial charge on any atom is 0.123 e. The molecule has 1 unspecified atom stereocenters. The van der Waals surface area contributed by atoms with E-state index in [0.29, 0.717) is 0 Å². The lowest BCUT2D eigenvalue weighted by atomic mass is 9.79. The molecule has 0 spiro atoms. The fourth-order valence-corrected chi connectivity index (χ4v) is 4.27. The van der Waals surface area contributed by atoms with Crippen LogP contribution in [0.4, 0.5) is 4.39 Å². The number of halogens is 1. The Morgan fingerprint density at radius 2 is 2.00 bits per heavy atom. The number of hydrogen-bond donors (Lipinski definition) is 1. The summed E-state index contributed by atoms with van der Waals surface area (Å²) in [5.74, 6) is -0.209. The van der Waals surface area contributed by atoms with Gasteiger partial charge in [0.1, 0.15) is 5.82 Å². The van der Waals surface area contributed by atoms with Crippen molar-refractivity contribution in [2.75, 3.05) is 13.1 Å². The number of benzene rings is 1. The van der Waals surface area contributed by atoms with Gasteiger partial charge in [0.2, 0.25) is 0 Å². The summed E-state index contributed by atoms with van der Waals surface area (Å²) in [4.78, 5) is 2.49. The fourth-order valence-electron chi connectivity index (χ4n) is 4.27. The van der Waals surface area contributed by atoms with E-state index in [-0.39, 0.29) is 17.3 Å². The number of nitrogens with zero attached hydrogens (tertiary/aromatic N) is 3. The molecule has 1 aliphatic carbocycles. The smallest absolute Gasteiger partial charge is 0.123 e. The van der Waals surface area contributed by atoms with E-state index in [1.165, 1.54) is 35.5 Å². The lowest BCUT2D eigenvalue weighted by Crippen LogP contribution is -2.52. The highest BCUT2D eigenvalue weighted by molar-refractivity contribution is 5.40. The first kappa shape index (κ1) is 16.7. The molecule has 0 saturated carbocycles. The Morgan fingerprint density at radius 3 is 2.72 bits per heavy atom. The average molecular weight is 342 g/mol. The molecule has 5 heteroatoms. The van der Waals surface area contributed by atoms with E-state index in [4.69, 9.17) is 10.8 Å². The van der Waals surface area contributed by atoms with E-state index < -0.39 is 0 Å². The zero-order chi connectivity index (χ0) is 17.6. The second-order valence-corrected chi connectivity index (χ2v) is 8.21. The van der Waals surface area contributed by atoms with Gasteiger partial charge in [-0.25, -0.2) is 9.07 Å². The van der Waals surface area contributed by atoms with Crippen molar-refractivity contribution < 1.29 is 4.39 Å². The van der Waals surface area contributed by atoms with Gasteiger partial charge in [0.05, 0.1) is 11.4 Å². The standard InChI is InChI=1S/C20H27FN4/c1-20(2)13-24(11-10-19(20)22)12-17-16-4-3-5-18(16)25(23-17)15-8-6-14(21)7-9-15/h6-9,19H,3-5,10-13,22H2,1-2H3. The molecule has 25 heavy (non-hydrogen) atoms. The number of nitrogens with two attached hydrogens (primary N) is 1. The van der Waals surface area contributed by atoms with Crippen LogP contribution < -0.4 is 5.73 Å². The van der Waals surface area contributed by atoms with Crippen LogP contribution in [0.5, 0.6) is 0 Å². The Kier molecular flexibility index (Phi) is 4.16. The van der Waals surface area contributed by atoms with Gasteiger partial charge >= 0.3 is 0 Å². The predicted octanol–water partition coefficient (Wildman–Crippen LogP) is 3.06. The first-order valence-electron chi connectivity index (χ1n) is 9.27. The van der Waals surface area contributed by atoms with Crippen LogP contribution in [0, 0.1) is 11.2 Å². The van der Waals surface area contributed by atoms with Crippen molar-refractivity contribution in [1.82, 2.24) is 14.7 Å². The molecule has 0 amide bonds. The van der Waals surface area contributed by atoms with Gasteiger partial charge in [-0.3, -0.25) is 4.90 Å². The second kappa shape index (κ2) is 6.22. The molecular formula is C20H27FN4. The average Bonchev–Trinajstić information content (AvgIpc) is 3.16. The summed E-state index contributed by atoms with van der Waals surface area (Å²) in [6.45, 7) is 7.43. The van der Waals surface area contributed by atoms with Crippen molar-refractivity contribution in [3.63, 3.8) is 0 Å². The molecular weight excluding hydrogens is 315 g/mol. The molecule has 2 N–H and O–H groups in total. The molecule has 2 aromatic rings. The maximum absolute atomic E-state index is 13.2. The van der Waals surface area contributed by atoms with Crippen molar-refractivity contribution in [3.8, 4) is 5.69 Å². The van der Waals surface area contributed by atoms with Crippen molar-refractivity contribution in [1.29, 1.82) is 0 Å². The van der Waals surface area contributed by atoms with E-state index in [0.717, 1.165) is 44.6 Å². The van der Waals surface area contributed by atoms with E-state index in [9.17, 15) is 4.39 Å². The van der Waals surface area contributed by atoms with E-state index in [1.807, 2.05) is 16.8 Å². The van der Waals surface area contributed by atoms with Crippen LogP contribution in [0.2, 0.25) is 0 Å². The first-order chi connectivity index (χ1) is 11.9. The second-order valence-electron chi connectivity index (χ2n) is 8.21. The Hall–Kier alpha value is -1.72. The fraction of sp³-hybridized carbons (Fsp3) is 0.550. The van der Waals surface area contributed by atoms with Crippen molar-refractivity contribution in [2.24, 2.45) is 11.1 Å². The summed E-state index contributed by atoms with van der Waals surface area (Å²) in [6.07, 6.45) is 4.37. The Bertz CT molecular complexity index is 763. The summed E-state index contributed by atoms with van der Waals surface area (Å²) in [5, 5.41) is 4.91. The van der Waals surface area contributed by atoms with Crippen LogP contribution in [-0.2, 0) is 19.4 Å². The molecule has 1 saturated heterocycles. The van der Waals surface area contributed by atoms with Gasteiger partial charge in [-0.05, 0) is 60.9 Å². The number of likely N-dealkylation sites (tertiary alicyclic amines) is 1. The van der Waals surface area contributed by atoms with Crippen LogP contribution in [0.3, 0.4) is 0 Å². The zero-order valence-electron chi connectivity index (χ0n) is 15.1. The highest BCUT2D eigenvalue weighted by Gasteiger charge is 2.34. The number of hydrogen-bond acceptors (Lipinski definition) is 3. The SMILES string of the molecule is CC1(C)CN(Cc2nn(-c3ccc(F)cc3)c3c2CCC3)CCC1N. The quantitative estimate of drug-likeness (QED) is 0.932. The summed E-state index contributed by atoms with van der Waals surface area (Å²) >= 11 is 0. The zero-order valence-corrected chi connectivity index (χ0v) is 15.1. The summed E-state index contributed by atoms with van der Waals surface area (Å²) in [5.41, 5.74) is 11.2.